The molecule has 1 aliphatic heterocycles. The third-order valence-electron chi connectivity index (χ3n) is 3.19. The number of benzene rings is 1. The summed E-state index contributed by atoms with van der Waals surface area (Å²) in [6.45, 7) is -0.170. The summed E-state index contributed by atoms with van der Waals surface area (Å²) in [4.78, 5) is 22.2. The zero-order valence-corrected chi connectivity index (χ0v) is 12.1. The van der Waals surface area contributed by atoms with Gasteiger partial charge in [-0.1, -0.05) is 6.07 Å². The third-order valence-corrected chi connectivity index (χ3v) is 3.56. The second-order valence-corrected chi connectivity index (χ2v) is 5.00. The van der Waals surface area contributed by atoms with Gasteiger partial charge in [0.1, 0.15) is 6.54 Å². The Bertz CT molecular complexity index is 534. The van der Waals surface area contributed by atoms with E-state index in [4.69, 9.17) is 26.2 Å². The predicted octanol–water partition coefficient (Wildman–Crippen LogP) is 1.40. The molecule has 1 aliphatic rings. The first kappa shape index (κ1) is 15.4. The van der Waals surface area contributed by atoms with Crippen molar-refractivity contribution in [1.82, 2.24) is 5.32 Å². The van der Waals surface area contributed by atoms with Gasteiger partial charge in [-0.25, -0.2) is 0 Å². The first-order valence-electron chi connectivity index (χ1n) is 6.54. The SMILES string of the molecule is O=C(O)CNC(=O)[C@H](CCl)CCc1ccc2c(c1)OCO2. The number of carbonyl (C=O) groups excluding carboxylic acids is 1. The maximum atomic E-state index is 11.8. The number of hydrogen-bond donors (Lipinski definition) is 2. The Morgan fingerprint density at radius 1 is 1.33 bits per heavy atom. The zero-order valence-electron chi connectivity index (χ0n) is 11.3. The number of aryl methyl sites for hydroxylation is 1. The van der Waals surface area contributed by atoms with E-state index in [-0.39, 0.29) is 18.6 Å². The van der Waals surface area contributed by atoms with E-state index < -0.39 is 18.4 Å². The molecule has 0 aromatic heterocycles. The van der Waals surface area contributed by atoms with Crippen LogP contribution in [0.1, 0.15) is 12.0 Å². The molecular weight excluding hydrogens is 298 g/mol. The minimum atomic E-state index is -1.08. The summed E-state index contributed by atoms with van der Waals surface area (Å²) in [5.41, 5.74) is 1.01. The fourth-order valence-corrected chi connectivity index (χ4v) is 2.32. The molecule has 0 bridgehead atoms. The summed E-state index contributed by atoms with van der Waals surface area (Å²) in [6.07, 6.45) is 1.18. The maximum absolute atomic E-state index is 11.8. The second kappa shape index (κ2) is 7.17. The van der Waals surface area contributed by atoms with E-state index in [0.29, 0.717) is 24.3 Å². The van der Waals surface area contributed by atoms with E-state index in [0.717, 1.165) is 5.56 Å². The lowest BCUT2D eigenvalue weighted by Gasteiger charge is -2.13. The monoisotopic (exact) mass is 313 g/mol. The fraction of sp³-hybridized carbons (Fsp3) is 0.429. The molecule has 2 N–H and O–H groups in total. The Hall–Kier alpha value is -1.95. The molecule has 6 nitrogen and oxygen atoms in total. The zero-order chi connectivity index (χ0) is 15.2. The van der Waals surface area contributed by atoms with Gasteiger partial charge < -0.3 is 19.9 Å². The molecule has 0 aliphatic carbocycles. The van der Waals surface area contributed by atoms with Crippen molar-refractivity contribution < 1.29 is 24.2 Å². The first-order chi connectivity index (χ1) is 10.1. The number of hydrogen-bond acceptors (Lipinski definition) is 4. The molecule has 1 aromatic rings. The van der Waals surface area contributed by atoms with Crippen molar-refractivity contribution in [1.29, 1.82) is 0 Å². The van der Waals surface area contributed by atoms with Crippen molar-refractivity contribution >= 4 is 23.5 Å². The van der Waals surface area contributed by atoms with Crippen LogP contribution < -0.4 is 14.8 Å². The standard InChI is InChI=1S/C14H16ClNO5/c15-6-10(14(19)16-7-13(17)18)3-1-9-2-4-11-12(5-9)21-8-20-11/h2,4-5,10H,1,3,6-8H2,(H,16,19)(H,17,18)/t10-/m0/s1. The molecule has 0 saturated heterocycles. The van der Waals surface area contributed by atoms with Crippen LogP contribution in [0.5, 0.6) is 11.5 Å². The van der Waals surface area contributed by atoms with Crippen LogP contribution in [0.2, 0.25) is 0 Å². The van der Waals surface area contributed by atoms with Crippen LogP contribution in [-0.2, 0) is 16.0 Å². The number of amides is 1. The lowest BCUT2D eigenvalue weighted by Crippen LogP contribution is -2.35. The van der Waals surface area contributed by atoms with Crippen LogP contribution in [0.15, 0.2) is 18.2 Å². The number of carbonyl (C=O) groups is 2. The van der Waals surface area contributed by atoms with Crippen LogP contribution >= 0.6 is 11.6 Å². The van der Waals surface area contributed by atoms with Gasteiger partial charge in [0.05, 0.1) is 5.92 Å². The van der Waals surface area contributed by atoms with Crippen LogP contribution in [0, 0.1) is 5.92 Å². The van der Waals surface area contributed by atoms with E-state index in [2.05, 4.69) is 5.32 Å². The van der Waals surface area contributed by atoms with Gasteiger partial charge in [-0.2, -0.15) is 0 Å². The fourth-order valence-electron chi connectivity index (χ4n) is 2.02. The van der Waals surface area contributed by atoms with Gasteiger partial charge in [0, 0.05) is 5.88 Å². The molecule has 7 heteroatoms. The molecule has 0 saturated carbocycles. The Labute approximate surface area is 127 Å². The summed E-state index contributed by atoms with van der Waals surface area (Å²) in [7, 11) is 0. The molecule has 114 valence electrons. The van der Waals surface area contributed by atoms with Crippen LogP contribution in [-0.4, -0.2) is 36.2 Å². The highest BCUT2D eigenvalue weighted by Crippen LogP contribution is 2.33. The number of carboxylic acids is 1. The van der Waals surface area contributed by atoms with E-state index in [1.165, 1.54) is 0 Å². The largest absolute Gasteiger partial charge is 0.480 e. The average Bonchev–Trinajstić information content (AvgIpc) is 2.93. The van der Waals surface area contributed by atoms with E-state index in [9.17, 15) is 9.59 Å². The smallest absolute Gasteiger partial charge is 0.322 e. The number of rotatable bonds is 7. The molecule has 1 amide bonds. The number of carboxylic acid groups (broad SMARTS) is 1. The molecule has 0 spiro atoms. The highest BCUT2D eigenvalue weighted by molar-refractivity contribution is 6.19. The van der Waals surface area contributed by atoms with Crippen molar-refractivity contribution in [3.05, 3.63) is 23.8 Å². The average molecular weight is 314 g/mol. The molecule has 1 heterocycles. The van der Waals surface area contributed by atoms with Gasteiger partial charge in [0.25, 0.3) is 0 Å². The summed E-state index contributed by atoms with van der Waals surface area (Å²) < 4.78 is 10.5. The molecule has 1 aromatic carbocycles. The molecule has 0 fully saturated rings. The molecule has 21 heavy (non-hydrogen) atoms. The molecule has 1 atom stereocenters. The molecule has 2 rings (SSSR count). The Balaban J connectivity index is 1.87. The summed E-state index contributed by atoms with van der Waals surface area (Å²) in [5.74, 6) is -0.273. The number of fused-ring (bicyclic) bond motifs is 1. The second-order valence-electron chi connectivity index (χ2n) is 4.69. The van der Waals surface area contributed by atoms with Crippen molar-refractivity contribution in [2.75, 3.05) is 19.2 Å². The highest BCUT2D eigenvalue weighted by atomic mass is 35.5. The van der Waals surface area contributed by atoms with Crippen molar-refractivity contribution in [3.63, 3.8) is 0 Å². The summed E-state index contributed by atoms with van der Waals surface area (Å²) in [5, 5.41) is 10.9. The quantitative estimate of drug-likeness (QED) is 0.743. The van der Waals surface area contributed by atoms with Crippen LogP contribution in [0.25, 0.3) is 0 Å². The van der Waals surface area contributed by atoms with Crippen molar-refractivity contribution in [2.24, 2.45) is 5.92 Å². The normalized spacial score (nSPS) is 13.8. The van der Waals surface area contributed by atoms with Crippen molar-refractivity contribution in [3.8, 4) is 11.5 Å². The lowest BCUT2D eigenvalue weighted by molar-refractivity contribution is -0.138. The number of ether oxygens (including phenoxy) is 2. The van der Waals surface area contributed by atoms with E-state index in [1.807, 2.05) is 18.2 Å². The third kappa shape index (κ3) is 4.26. The molecule has 0 unspecified atom stereocenters. The van der Waals surface area contributed by atoms with Gasteiger partial charge in [0.15, 0.2) is 11.5 Å². The topological polar surface area (TPSA) is 84.9 Å². The number of aliphatic carboxylic acids is 1. The lowest BCUT2D eigenvalue weighted by atomic mass is 10.00. The van der Waals surface area contributed by atoms with Crippen LogP contribution in [0.3, 0.4) is 0 Å². The van der Waals surface area contributed by atoms with Crippen LogP contribution in [0.4, 0.5) is 0 Å². The molecule has 0 radical (unpaired) electrons. The number of alkyl halides is 1. The van der Waals surface area contributed by atoms with Gasteiger partial charge in [-0.3, -0.25) is 9.59 Å². The first-order valence-corrected chi connectivity index (χ1v) is 7.07. The Morgan fingerprint density at radius 3 is 2.81 bits per heavy atom. The van der Waals surface area contributed by atoms with Gasteiger partial charge >= 0.3 is 5.97 Å². The van der Waals surface area contributed by atoms with Gasteiger partial charge in [0.2, 0.25) is 12.7 Å². The number of halogens is 1. The Kier molecular flexibility index (Phi) is 5.27. The van der Waals surface area contributed by atoms with Gasteiger partial charge in [-0.05, 0) is 30.5 Å². The highest BCUT2D eigenvalue weighted by Gasteiger charge is 2.19. The number of nitrogens with one attached hydrogen (secondary N) is 1. The minimum absolute atomic E-state index is 0.149. The summed E-state index contributed by atoms with van der Waals surface area (Å²) >= 11 is 5.78. The minimum Gasteiger partial charge on any atom is -0.480 e. The van der Waals surface area contributed by atoms with E-state index >= 15 is 0 Å². The van der Waals surface area contributed by atoms with Crippen molar-refractivity contribution in [2.45, 2.75) is 12.8 Å². The Morgan fingerprint density at radius 2 is 2.10 bits per heavy atom. The van der Waals surface area contributed by atoms with Gasteiger partial charge in [-0.15, -0.1) is 11.6 Å². The van der Waals surface area contributed by atoms with E-state index in [1.54, 1.807) is 0 Å². The molecular formula is C14H16ClNO5. The summed E-state index contributed by atoms with van der Waals surface area (Å²) in [6, 6.07) is 5.62. The maximum Gasteiger partial charge on any atom is 0.322 e. The predicted molar refractivity (Wildman–Crippen MR) is 75.7 cm³/mol.